The van der Waals surface area contributed by atoms with Crippen LogP contribution in [-0.2, 0) is 28.6 Å². The lowest BCUT2D eigenvalue weighted by Gasteiger charge is -2.18. The molecule has 0 spiro atoms. The van der Waals surface area contributed by atoms with Crippen LogP contribution < -0.4 is 0 Å². The van der Waals surface area contributed by atoms with Crippen LogP contribution in [0.1, 0.15) is 233 Å². The Morgan fingerprint density at radius 2 is 0.704 bits per heavy atom. The predicted molar refractivity (Wildman–Crippen MR) is 229 cm³/mol. The van der Waals surface area contributed by atoms with Gasteiger partial charge in [-0.15, -0.1) is 0 Å². The summed E-state index contributed by atoms with van der Waals surface area (Å²) >= 11 is 0. The van der Waals surface area contributed by atoms with Gasteiger partial charge in [0.05, 0.1) is 0 Å². The van der Waals surface area contributed by atoms with E-state index in [4.69, 9.17) is 14.2 Å². The van der Waals surface area contributed by atoms with Gasteiger partial charge in [-0.1, -0.05) is 186 Å². The fourth-order valence-corrected chi connectivity index (χ4v) is 6.37. The summed E-state index contributed by atoms with van der Waals surface area (Å²) in [6.45, 7) is 6.54. The van der Waals surface area contributed by atoms with E-state index in [9.17, 15) is 14.4 Å². The number of hydrogen-bond donors (Lipinski definition) is 0. The van der Waals surface area contributed by atoms with Crippen molar-refractivity contribution in [3.63, 3.8) is 0 Å². The number of unbranched alkanes of at least 4 members (excludes halogenated alkanes) is 24. The average Bonchev–Trinajstić information content (AvgIpc) is 3.17. The van der Waals surface area contributed by atoms with Gasteiger partial charge in [-0.05, 0) is 64.2 Å². The zero-order valence-corrected chi connectivity index (χ0v) is 35.7. The highest BCUT2D eigenvalue weighted by molar-refractivity contribution is 5.71. The van der Waals surface area contributed by atoms with E-state index in [2.05, 4.69) is 51.2 Å². The van der Waals surface area contributed by atoms with Crippen LogP contribution in [-0.4, -0.2) is 37.2 Å². The number of allylic oxidation sites excluding steroid dienone is 6. The normalized spacial score (nSPS) is 12.3. The standard InChI is InChI=1S/C48H86O6/c1-4-7-10-13-16-19-22-24-26-29-32-35-38-41-47(50)53-44-45(43-52-46(49)40-37-34-31-28-21-18-15-12-9-6-3)54-48(51)42-39-36-33-30-27-25-23-20-17-14-11-8-5-2/h24-27,32,35,45H,4-23,28-31,33-34,36-44H2,1-3H3/b26-24-,27-25-,35-32-. The summed E-state index contributed by atoms with van der Waals surface area (Å²) in [4.78, 5) is 37.6. The first-order chi connectivity index (χ1) is 26.5. The van der Waals surface area contributed by atoms with E-state index in [1.165, 1.54) is 122 Å². The third-order valence-electron chi connectivity index (χ3n) is 9.88. The Morgan fingerprint density at radius 3 is 1.17 bits per heavy atom. The van der Waals surface area contributed by atoms with Crippen molar-refractivity contribution in [1.29, 1.82) is 0 Å². The molecule has 0 aliphatic heterocycles. The number of hydrogen-bond acceptors (Lipinski definition) is 6. The smallest absolute Gasteiger partial charge is 0.306 e. The van der Waals surface area contributed by atoms with E-state index in [1.807, 2.05) is 6.08 Å². The molecule has 54 heavy (non-hydrogen) atoms. The van der Waals surface area contributed by atoms with E-state index >= 15 is 0 Å². The highest BCUT2D eigenvalue weighted by atomic mass is 16.6. The molecule has 0 aliphatic carbocycles. The summed E-state index contributed by atoms with van der Waals surface area (Å²) < 4.78 is 16.6. The van der Waals surface area contributed by atoms with Gasteiger partial charge in [-0.3, -0.25) is 14.4 Å². The second-order valence-corrected chi connectivity index (χ2v) is 15.3. The molecule has 1 atom stereocenters. The van der Waals surface area contributed by atoms with Gasteiger partial charge in [0, 0.05) is 19.3 Å². The van der Waals surface area contributed by atoms with Crippen LogP contribution in [0.5, 0.6) is 0 Å². The van der Waals surface area contributed by atoms with Crippen molar-refractivity contribution in [2.45, 2.75) is 239 Å². The van der Waals surface area contributed by atoms with Crippen molar-refractivity contribution in [1.82, 2.24) is 0 Å². The van der Waals surface area contributed by atoms with E-state index in [1.54, 1.807) is 0 Å². The lowest BCUT2D eigenvalue weighted by Crippen LogP contribution is -2.30. The van der Waals surface area contributed by atoms with Crippen molar-refractivity contribution in [3.8, 4) is 0 Å². The topological polar surface area (TPSA) is 78.9 Å². The molecule has 0 radical (unpaired) electrons. The van der Waals surface area contributed by atoms with Crippen molar-refractivity contribution in [3.05, 3.63) is 36.5 Å². The summed E-state index contributed by atoms with van der Waals surface area (Å²) in [5, 5.41) is 0. The van der Waals surface area contributed by atoms with Crippen LogP contribution in [0.3, 0.4) is 0 Å². The van der Waals surface area contributed by atoms with Crippen molar-refractivity contribution >= 4 is 17.9 Å². The molecule has 0 heterocycles. The van der Waals surface area contributed by atoms with E-state index in [0.717, 1.165) is 64.2 Å². The molecule has 0 bridgehead atoms. The minimum atomic E-state index is -0.796. The van der Waals surface area contributed by atoms with Gasteiger partial charge in [0.15, 0.2) is 6.10 Å². The molecular formula is C48H86O6. The number of esters is 3. The largest absolute Gasteiger partial charge is 0.462 e. The van der Waals surface area contributed by atoms with Crippen LogP contribution in [0.2, 0.25) is 0 Å². The number of ether oxygens (including phenoxy) is 3. The lowest BCUT2D eigenvalue weighted by atomic mass is 10.1. The summed E-state index contributed by atoms with van der Waals surface area (Å²) in [7, 11) is 0. The fourth-order valence-electron chi connectivity index (χ4n) is 6.37. The number of carbonyl (C=O) groups excluding carboxylic acids is 3. The van der Waals surface area contributed by atoms with Crippen LogP contribution >= 0.6 is 0 Å². The maximum Gasteiger partial charge on any atom is 0.306 e. The quantitative estimate of drug-likeness (QED) is 0.0267. The average molecular weight is 759 g/mol. The summed E-state index contributed by atoms with van der Waals surface area (Å²) in [6.07, 6.45) is 48.5. The Kier molecular flexibility index (Phi) is 41.5. The molecule has 6 heteroatoms. The molecule has 0 saturated heterocycles. The van der Waals surface area contributed by atoms with Gasteiger partial charge in [0.1, 0.15) is 13.2 Å². The Bertz CT molecular complexity index is 922. The van der Waals surface area contributed by atoms with E-state index < -0.39 is 6.10 Å². The molecule has 0 fully saturated rings. The van der Waals surface area contributed by atoms with Gasteiger partial charge < -0.3 is 14.2 Å². The molecule has 0 N–H and O–H groups in total. The molecule has 0 amide bonds. The molecule has 0 aromatic heterocycles. The molecule has 0 saturated carbocycles. The van der Waals surface area contributed by atoms with Gasteiger partial charge in [-0.2, -0.15) is 0 Å². The van der Waals surface area contributed by atoms with Gasteiger partial charge in [0.25, 0.3) is 0 Å². The molecule has 0 aromatic rings. The summed E-state index contributed by atoms with van der Waals surface area (Å²) in [5.41, 5.74) is 0. The highest BCUT2D eigenvalue weighted by Crippen LogP contribution is 2.13. The minimum absolute atomic E-state index is 0.0933. The van der Waals surface area contributed by atoms with Gasteiger partial charge in [0.2, 0.25) is 0 Å². The Morgan fingerprint density at radius 1 is 0.370 bits per heavy atom. The minimum Gasteiger partial charge on any atom is -0.462 e. The first-order valence-electron chi connectivity index (χ1n) is 23.0. The first kappa shape index (κ1) is 51.6. The fraction of sp³-hybridized carbons (Fsp3) is 0.812. The summed E-state index contributed by atoms with van der Waals surface area (Å²) in [5.74, 6) is -0.980. The highest BCUT2D eigenvalue weighted by Gasteiger charge is 2.19. The molecule has 314 valence electrons. The van der Waals surface area contributed by atoms with E-state index in [0.29, 0.717) is 19.3 Å². The van der Waals surface area contributed by atoms with Crippen LogP contribution in [0, 0.1) is 0 Å². The second kappa shape index (κ2) is 43.4. The Hall–Kier alpha value is -2.37. The molecule has 0 aromatic carbocycles. The molecular weight excluding hydrogens is 673 g/mol. The second-order valence-electron chi connectivity index (χ2n) is 15.3. The molecule has 6 nitrogen and oxygen atoms in total. The maximum atomic E-state index is 12.7. The molecule has 1 unspecified atom stereocenters. The van der Waals surface area contributed by atoms with E-state index in [-0.39, 0.29) is 37.5 Å². The lowest BCUT2D eigenvalue weighted by molar-refractivity contribution is -0.166. The van der Waals surface area contributed by atoms with Crippen molar-refractivity contribution < 1.29 is 28.6 Å². The molecule has 0 aliphatic rings. The number of carbonyl (C=O) groups is 3. The van der Waals surface area contributed by atoms with Crippen LogP contribution in [0.4, 0.5) is 0 Å². The number of rotatable bonds is 41. The first-order valence-corrected chi connectivity index (χ1v) is 23.0. The third kappa shape index (κ3) is 40.8. The van der Waals surface area contributed by atoms with Crippen molar-refractivity contribution in [2.24, 2.45) is 0 Å². The van der Waals surface area contributed by atoms with Gasteiger partial charge in [-0.25, -0.2) is 0 Å². The predicted octanol–water partition coefficient (Wildman–Crippen LogP) is 14.6. The zero-order chi connectivity index (χ0) is 39.4. The van der Waals surface area contributed by atoms with Crippen LogP contribution in [0.25, 0.3) is 0 Å². The maximum absolute atomic E-state index is 12.7. The summed E-state index contributed by atoms with van der Waals surface area (Å²) in [6, 6.07) is 0. The zero-order valence-electron chi connectivity index (χ0n) is 35.7. The van der Waals surface area contributed by atoms with Gasteiger partial charge >= 0.3 is 17.9 Å². The Balaban J connectivity index is 4.45. The Labute approximate surface area is 334 Å². The monoisotopic (exact) mass is 759 g/mol. The SMILES string of the molecule is CCCCCCCC/C=C\C/C=C\CCC(=O)OCC(COC(=O)CCCCCCCCCCCC)OC(=O)CCCCC/C=C\CCCCCCCC. The van der Waals surface area contributed by atoms with Crippen molar-refractivity contribution in [2.75, 3.05) is 13.2 Å². The van der Waals surface area contributed by atoms with Crippen LogP contribution in [0.15, 0.2) is 36.5 Å². The third-order valence-corrected chi connectivity index (χ3v) is 9.88. The molecule has 0 rings (SSSR count).